The molecule has 0 aliphatic heterocycles. The van der Waals surface area contributed by atoms with Gasteiger partial charge in [-0.25, -0.2) is 0 Å². The van der Waals surface area contributed by atoms with Crippen LogP contribution in [0.15, 0.2) is 24.3 Å². The number of aromatic nitrogens is 1. The van der Waals surface area contributed by atoms with Gasteiger partial charge < -0.3 is 9.72 Å². The van der Waals surface area contributed by atoms with Crippen molar-refractivity contribution in [2.24, 2.45) is 0 Å². The summed E-state index contributed by atoms with van der Waals surface area (Å²) in [6.07, 6.45) is 0.631. The van der Waals surface area contributed by atoms with Gasteiger partial charge in [0.05, 0.1) is 0 Å². The lowest BCUT2D eigenvalue weighted by Gasteiger charge is -2.04. The molecule has 0 spiro atoms. The molecule has 0 saturated carbocycles. The Balaban J connectivity index is 2.22. The largest absolute Gasteiger partial charge is 0.453 e. The number of rotatable bonds is 4. The highest BCUT2D eigenvalue weighted by Crippen LogP contribution is 2.19. The number of ether oxygens (including phenoxy) is 1. The standard InChI is InChI=1S/C12H12BrNO2/c1-8-2-3-9-5-10(14-11(9)4-8)6-12(13)16-7-15/h2-5,7,12,14H,6H2,1H3. The van der Waals surface area contributed by atoms with Crippen molar-refractivity contribution in [3.8, 4) is 0 Å². The van der Waals surface area contributed by atoms with Crippen LogP contribution in [0.4, 0.5) is 0 Å². The van der Waals surface area contributed by atoms with Crippen LogP contribution in [-0.2, 0) is 16.0 Å². The summed E-state index contributed by atoms with van der Waals surface area (Å²) in [5, 5.41) is 0.894. The minimum absolute atomic E-state index is 0.279. The number of halogens is 1. The van der Waals surface area contributed by atoms with Crippen LogP contribution in [0.25, 0.3) is 10.9 Å². The predicted octanol–water partition coefficient (Wildman–Crippen LogP) is 2.91. The van der Waals surface area contributed by atoms with E-state index >= 15 is 0 Å². The first-order valence-corrected chi connectivity index (χ1v) is 5.92. The van der Waals surface area contributed by atoms with Gasteiger partial charge >= 0.3 is 0 Å². The molecule has 0 bridgehead atoms. The number of benzene rings is 1. The monoisotopic (exact) mass is 281 g/mol. The van der Waals surface area contributed by atoms with Crippen molar-refractivity contribution in [1.82, 2.24) is 4.98 Å². The van der Waals surface area contributed by atoms with Crippen LogP contribution in [0.1, 0.15) is 11.3 Å². The smallest absolute Gasteiger partial charge is 0.294 e. The average Bonchev–Trinajstić information content (AvgIpc) is 2.59. The number of carbonyl (C=O) groups excluding carboxylic acids is 1. The first-order chi connectivity index (χ1) is 7.69. The number of hydrogen-bond acceptors (Lipinski definition) is 2. The van der Waals surface area contributed by atoms with E-state index in [1.807, 2.05) is 0 Å². The van der Waals surface area contributed by atoms with E-state index in [1.54, 1.807) is 0 Å². The van der Waals surface area contributed by atoms with Crippen LogP contribution in [0.5, 0.6) is 0 Å². The summed E-state index contributed by atoms with van der Waals surface area (Å²) < 4.78 is 4.78. The Morgan fingerprint density at radius 3 is 3.06 bits per heavy atom. The van der Waals surface area contributed by atoms with E-state index in [0.29, 0.717) is 12.9 Å². The molecule has 0 aliphatic rings. The molecular weight excluding hydrogens is 270 g/mol. The van der Waals surface area contributed by atoms with Gasteiger partial charge in [-0.15, -0.1) is 0 Å². The van der Waals surface area contributed by atoms with Crippen molar-refractivity contribution >= 4 is 33.3 Å². The molecule has 0 fully saturated rings. The van der Waals surface area contributed by atoms with Gasteiger partial charge in [-0.05, 0) is 45.9 Å². The number of H-pyrrole nitrogens is 1. The van der Waals surface area contributed by atoms with Crippen LogP contribution >= 0.6 is 15.9 Å². The number of aryl methyl sites for hydroxylation is 1. The van der Waals surface area contributed by atoms with Gasteiger partial charge in [0, 0.05) is 17.6 Å². The Morgan fingerprint density at radius 1 is 1.50 bits per heavy atom. The second-order valence-electron chi connectivity index (χ2n) is 3.73. The Hall–Kier alpha value is -1.29. The van der Waals surface area contributed by atoms with Crippen LogP contribution in [0.3, 0.4) is 0 Å². The third kappa shape index (κ3) is 2.44. The van der Waals surface area contributed by atoms with E-state index < -0.39 is 0 Å². The first-order valence-electron chi connectivity index (χ1n) is 5.00. The normalized spacial score (nSPS) is 12.6. The molecule has 1 aromatic carbocycles. The maximum absolute atomic E-state index is 10.2. The van der Waals surface area contributed by atoms with Gasteiger partial charge in [0.15, 0.2) is 5.01 Å². The lowest BCUT2D eigenvalue weighted by atomic mass is 10.2. The molecule has 3 nitrogen and oxygen atoms in total. The molecular formula is C12H12BrNO2. The summed E-state index contributed by atoms with van der Waals surface area (Å²) in [6, 6.07) is 8.32. The summed E-state index contributed by atoms with van der Waals surface area (Å²) in [6.45, 7) is 2.51. The third-order valence-electron chi connectivity index (χ3n) is 2.42. The summed E-state index contributed by atoms with van der Waals surface area (Å²) in [4.78, 5) is 13.5. The highest BCUT2D eigenvalue weighted by molar-refractivity contribution is 9.09. The molecule has 84 valence electrons. The zero-order valence-electron chi connectivity index (χ0n) is 8.87. The third-order valence-corrected chi connectivity index (χ3v) is 2.96. The molecule has 0 amide bonds. The lowest BCUT2D eigenvalue weighted by molar-refractivity contribution is -0.129. The van der Waals surface area contributed by atoms with E-state index in [0.717, 1.165) is 11.2 Å². The van der Waals surface area contributed by atoms with Gasteiger partial charge in [-0.1, -0.05) is 12.1 Å². The van der Waals surface area contributed by atoms with Crippen LogP contribution in [-0.4, -0.2) is 16.5 Å². The molecule has 1 N–H and O–H groups in total. The number of aromatic amines is 1. The van der Waals surface area contributed by atoms with E-state index in [2.05, 4.69) is 52.1 Å². The van der Waals surface area contributed by atoms with Crippen molar-refractivity contribution in [3.63, 3.8) is 0 Å². The number of fused-ring (bicyclic) bond motifs is 1. The van der Waals surface area contributed by atoms with Gasteiger partial charge in [0.25, 0.3) is 6.47 Å². The maximum Gasteiger partial charge on any atom is 0.294 e. The Morgan fingerprint density at radius 2 is 2.31 bits per heavy atom. The molecule has 4 heteroatoms. The molecule has 1 heterocycles. The maximum atomic E-state index is 10.2. The van der Waals surface area contributed by atoms with Gasteiger partial charge in [0.2, 0.25) is 0 Å². The highest BCUT2D eigenvalue weighted by Gasteiger charge is 2.08. The Kier molecular flexibility index (Phi) is 3.29. The molecule has 0 saturated heterocycles. The summed E-state index contributed by atoms with van der Waals surface area (Å²) in [5.74, 6) is 0. The summed E-state index contributed by atoms with van der Waals surface area (Å²) >= 11 is 3.27. The van der Waals surface area contributed by atoms with Crippen LogP contribution in [0.2, 0.25) is 0 Å². The molecule has 1 atom stereocenters. The van der Waals surface area contributed by atoms with Gasteiger partial charge in [-0.3, -0.25) is 4.79 Å². The minimum atomic E-state index is -0.279. The summed E-state index contributed by atoms with van der Waals surface area (Å²) in [5.41, 5.74) is 3.38. The fraction of sp³-hybridized carbons (Fsp3) is 0.250. The van der Waals surface area contributed by atoms with E-state index in [9.17, 15) is 4.79 Å². The molecule has 0 aliphatic carbocycles. The van der Waals surface area contributed by atoms with Crippen LogP contribution in [0, 0.1) is 6.92 Å². The lowest BCUT2D eigenvalue weighted by Crippen LogP contribution is -2.06. The van der Waals surface area contributed by atoms with Crippen molar-refractivity contribution in [3.05, 3.63) is 35.5 Å². The highest BCUT2D eigenvalue weighted by atomic mass is 79.9. The zero-order chi connectivity index (χ0) is 11.5. The first kappa shape index (κ1) is 11.2. The van der Waals surface area contributed by atoms with Gasteiger partial charge in [-0.2, -0.15) is 0 Å². The number of carbonyl (C=O) groups is 1. The van der Waals surface area contributed by atoms with E-state index in [4.69, 9.17) is 4.74 Å². The Bertz CT molecular complexity index is 507. The van der Waals surface area contributed by atoms with Crippen molar-refractivity contribution < 1.29 is 9.53 Å². The minimum Gasteiger partial charge on any atom is -0.453 e. The second-order valence-corrected chi connectivity index (χ2v) is 4.75. The predicted molar refractivity (Wildman–Crippen MR) is 66.6 cm³/mol. The van der Waals surface area contributed by atoms with E-state index in [-0.39, 0.29) is 5.01 Å². The van der Waals surface area contributed by atoms with Crippen molar-refractivity contribution in [1.29, 1.82) is 0 Å². The van der Waals surface area contributed by atoms with Crippen molar-refractivity contribution in [2.75, 3.05) is 0 Å². The quantitative estimate of drug-likeness (QED) is 0.692. The molecule has 2 aromatic rings. The second kappa shape index (κ2) is 4.70. The number of nitrogens with one attached hydrogen (secondary N) is 1. The molecule has 1 unspecified atom stereocenters. The fourth-order valence-electron chi connectivity index (χ4n) is 1.69. The summed E-state index contributed by atoms with van der Waals surface area (Å²) in [7, 11) is 0. The fourth-order valence-corrected chi connectivity index (χ4v) is 2.13. The topological polar surface area (TPSA) is 42.1 Å². The van der Waals surface area contributed by atoms with Crippen LogP contribution < -0.4 is 0 Å². The zero-order valence-corrected chi connectivity index (χ0v) is 10.5. The Labute approximate surface area is 102 Å². The van der Waals surface area contributed by atoms with Crippen molar-refractivity contribution in [2.45, 2.75) is 18.4 Å². The molecule has 1 aromatic heterocycles. The number of hydrogen-bond donors (Lipinski definition) is 1. The number of alkyl halides is 1. The molecule has 2 rings (SSSR count). The molecule has 0 radical (unpaired) electrons. The van der Waals surface area contributed by atoms with E-state index in [1.165, 1.54) is 10.9 Å². The SMILES string of the molecule is Cc1ccc2cc(CC(Br)OC=O)[nH]c2c1. The van der Waals surface area contributed by atoms with Gasteiger partial charge in [0.1, 0.15) is 0 Å². The molecule has 16 heavy (non-hydrogen) atoms. The average molecular weight is 282 g/mol.